The lowest BCUT2D eigenvalue weighted by atomic mass is 9.87. The number of urea groups is 1. The van der Waals surface area contributed by atoms with Crippen molar-refractivity contribution in [1.29, 1.82) is 0 Å². The molecule has 1 aliphatic carbocycles. The second-order valence-electron chi connectivity index (χ2n) is 7.33. The standard InChI is InChI=1S/C19H26F2N2O4/c1-23(12-19(25)7-9-26-10-8-19)18(24)22-16-4-2-3-13-11-14(27-17(20)21)5-6-15(13)16/h5-6,11,16-17,25H,2-4,7-10,12H2,1H3,(H,22,24). The Morgan fingerprint density at radius 2 is 2.19 bits per heavy atom. The number of alkyl halides is 2. The van der Waals surface area contributed by atoms with Crippen LogP contribution in [-0.2, 0) is 11.2 Å². The summed E-state index contributed by atoms with van der Waals surface area (Å²) < 4.78 is 34.5. The first-order valence-electron chi connectivity index (χ1n) is 9.26. The van der Waals surface area contributed by atoms with Crippen molar-refractivity contribution in [3.05, 3.63) is 29.3 Å². The lowest BCUT2D eigenvalue weighted by Gasteiger charge is -2.36. The second kappa shape index (κ2) is 8.39. The zero-order chi connectivity index (χ0) is 19.4. The molecule has 1 aromatic carbocycles. The van der Waals surface area contributed by atoms with Crippen LogP contribution in [0.4, 0.5) is 13.6 Å². The van der Waals surface area contributed by atoms with Crippen LogP contribution in [0, 0.1) is 0 Å². The molecule has 1 aliphatic heterocycles. The molecule has 2 amide bonds. The number of nitrogens with zero attached hydrogens (tertiary/aromatic N) is 1. The highest BCUT2D eigenvalue weighted by atomic mass is 19.3. The Morgan fingerprint density at radius 3 is 2.89 bits per heavy atom. The van der Waals surface area contributed by atoms with E-state index in [0.29, 0.717) is 26.1 Å². The molecule has 3 rings (SSSR count). The summed E-state index contributed by atoms with van der Waals surface area (Å²) >= 11 is 0. The van der Waals surface area contributed by atoms with Crippen LogP contribution >= 0.6 is 0 Å². The van der Waals surface area contributed by atoms with Crippen molar-refractivity contribution in [3.63, 3.8) is 0 Å². The number of carbonyl (C=O) groups excluding carboxylic acids is 1. The number of benzene rings is 1. The molecular weight excluding hydrogens is 358 g/mol. The monoisotopic (exact) mass is 384 g/mol. The Labute approximate surface area is 157 Å². The topological polar surface area (TPSA) is 71.0 Å². The van der Waals surface area contributed by atoms with Crippen molar-refractivity contribution in [2.24, 2.45) is 0 Å². The van der Waals surface area contributed by atoms with E-state index in [1.807, 2.05) is 0 Å². The molecule has 1 heterocycles. The van der Waals surface area contributed by atoms with E-state index >= 15 is 0 Å². The molecule has 1 atom stereocenters. The Morgan fingerprint density at radius 1 is 1.44 bits per heavy atom. The number of nitrogens with one attached hydrogen (secondary N) is 1. The Bertz CT molecular complexity index is 665. The summed E-state index contributed by atoms with van der Waals surface area (Å²) in [7, 11) is 1.66. The number of aryl methyl sites for hydroxylation is 1. The molecule has 0 aromatic heterocycles. The van der Waals surface area contributed by atoms with Crippen LogP contribution in [0.2, 0.25) is 0 Å². The molecule has 2 N–H and O–H groups in total. The molecule has 27 heavy (non-hydrogen) atoms. The van der Waals surface area contributed by atoms with Gasteiger partial charge in [0.25, 0.3) is 0 Å². The fourth-order valence-corrected chi connectivity index (χ4v) is 3.80. The van der Waals surface area contributed by atoms with Crippen molar-refractivity contribution in [1.82, 2.24) is 10.2 Å². The molecule has 0 saturated carbocycles. The largest absolute Gasteiger partial charge is 0.435 e. The quantitative estimate of drug-likeness (QED) is 0.819. The van der Waals surface area contributed by atoms with Crippen LogP contribution < -0.4 is 10.1 Å². The molecular formula is C19H26F2N2O4. The third kappa shape index (κ3) is 5.07. The number of fused-ring (bicyclic) bond motifs is 1. The van der Waals surface area contributed by atoms with Crippen LogP contribution in [0.1, 0.15) is 42.9 Å². The molecule has 0 bridgehead atoms. The normalized spacial score (nSPS) is 21.4. The third-order valence-corrected chi connectivity index (χ3v) is 5.25. The first-order valence-corrected chi connectivity index (χ1v) is 9.26. The van der Waals surface area contributed by atoms with Crippen molar-refractivity contribution < 1.29 is 28.2 Å². The SMILES string of the molecule is CN(CC1(O)CCOCC1)C(=O)NC1CCCc2cc(OC(F)F)ccc21. The van der Waals surface area contributed by atoms with E-state index in [2.05, 4.69) is 10.1 Å². The van der Waals surface area contributed by atoms with Gasteiger partial charge in [0.05, 0.1) is 18.2 Å². The predicted octanol–water partition coefficient (Wildman–Crippen LogP) is 2.85. The maximum Gasteiger partial charge on any atom is 0.387 e. The summed E-state index contributed by atoms with van der Waals surface area (Å²) in [5, 5.41) is 13.6. The third-order valence-electron chi connectivity index (χ3n) is 5.25. The van der Waals surface area contributed by atoms with E-state index in [9.17, 15) is 18.7 Å². The first-order chi connectivity index (χ1) is 12.9. The van der Waals surface area contributed by atoms with Crippen LogP contribution in [0.25, 0.3) is 0 Å². The fourth-order valence-electron chi connectivity index (χ4n) is 3.80. The van der Waals surface area contributed by atoms with Gasteiger partial charge in [0.15, 0.2) is 0 Å². The lowest BCUT2D eigenvalue weighted by Crippen LogP contribution is -2.50. The van der Waals surface area contributed by atoms with Gasteiger partial charge < -0.3 is 24.8 Å². The maximum atomic E-state index is 12.6. The first kappa shape index (κ1) is 19.8. The van der Waals surface area contributed by atoms with E-state index in [1.54, 1.807) is 19.2 Å². The smallest absolute Gasteiger partial charge is 0.387 e. The molecule has 0 spiro atoms. The number of carbonyl (C=O) groups is 1. The molecule has 0 radical (unpaired) electrons. The summed E-state index contributed by atoms with van der Waals surface area (Å²) in [5.74, 6) is 0.134. The maximum absolute atomic E-state index is 12.6. The highest BCUT2D eigenvalue weighted by Crippen LogP contribution is 2.33. The lowest BCUT2D eigenvalue weighted by molar-refractivity contribution is -0.0723. The molecule has 8 heteroatoms. The summed E-state index contributed by atoms with van der Waals surface area (Å²) in [5.41, 5.74) is 0.917. The summed E-state index contributed by atoms with van der Waals surface area (Å²) in [6.07, 6.45) is 3.39. The van der Waals surface area contributed by atoms with Gasteiger partial charge in [-0.25, -0.2) is 4.79 Å². The summed E-state index contributed by atoms with van der Waals surface area (Å²) in [4.78, 5) is 14.1. The van der Waals surface area contributed by atoms with E-state index in [0.717, 1.165) is 30.4 Å². The molecule has 1 saturated heterocycles. The van der Waals surface area contributed by atoms with Gasteiger partial charge in [-0.1, -0.05) is 6.07 Å². The molecule has 2 aliphatic rings. The second-order valence-corrected chi connectivity index (χ2v) is 7.33. The van der Waals surface area contributed by atoms with E-state index in [-0.39, 0.29) is 24.4 Å². The Kier molecular flexibility index (Phi) is 6.16. The number of likely N-dealkylation sites (N-methyl/N-ethyl adjacent to an activating group) is 1. The van der Waals surface area contributed by atoms with Crippen LogP contribution in [0.15, 0.2) is 18.2 Å². The highest BCUT2D eigenvalue weighted by molar-refractivity contribution is 5.74. The molecule has 1 unspecified atom stereocenters. The number of ether oxygens (including phenoxy) is 2. The van der Waals surface area contributed by atoms with Crippen LogP contribution in [-0.4, -0.2) is 55.1 Å². The van der Waals surface area contributed by atoms with Gasteiger partial charge in [-0.05, 0) is 42.5 Å². The van der Waals surface area contributed by atoms with Gasteiger partial charge >= 0.3 is 12.6 Å². The number of aliphatic hydroxyl groups is 1. The Hall–Kier alpha value is -1.93. The zero-order valence-corrected chi connectivity index (χ0v) is 15.4. The van der Waals surface area contributed by atoms with Crippen LogP contribution in [0.5, 0.6) is 5.75 Å². The van der Waals surface area contributed by atoms with Crippen molar-refractivity contribution in [2.75, 3.05) is 26.8 Å². The van der Waals surface area contributed by atoms with Crippen molar-refractivity contribution >= 4 is 6.03 Å². The van der Waals surface area contributed by atoms with Gasteiger partial charge in [0.2, 0.25) is 0 Å². The van der Waals surface area contributed by atoms with Crippen molar-refractivity contribution in [2.45, 2.75) is 50.4 Å². The number of halogens is 2. The Balaban J connectivity index is 1.63. The van der Waals surface area contributed by atoms with Crippen LogP contribution in [0.3, 0.4) is 0 Å². The minimum absolute atomic E-state index is 0.134. The average molecular weight is 384 g/mol. The van der Waals surface area contributed by atoms with E-state index < -0.39 is 12.2 Å². The number of amides is 2. The summed E-state index contributed by atoms with van der Waals surface area (Å²) in [6.45, 7) is -1.63. The van der Waals surface area contributed by atoms with Gasteiger partial charge in [-0.2, -0.15) is 8.78 Å². The molecule has 1 fully saturated rings. The van der Waals surface area contributed by atoms with Gasteiger partial charge in [-0.15, -0.1) is 0 Å². The fraction of sp³-hybridized carbons (Fsp3) is 0.632. The predicted molar refractivity (Wildman–Crippen MR) is 94.9 cm³/mol. The highest BCUT2D eigenvalue weighted by Gasteiger charge is 2.33. The average Bonchev–Trinajstić information content (AvgIpc) is 2.61. The van der Waals surface area contributed by atoms with E-state index in [4.69, 9.17) is 4.74 Å². The number of rotatable bonds is 5. The summed E-state index contributed by atoms with van der Waals surface area (Å²) in [6, 6.07) is 4.41. The van der Waals surface area contributed by atoms with Gasteiger partial charge in [-0.3, -0.25) is 0 Å². The molecule has 1 aromatic rings. The van der Waals surface area contributed by atoms with Crippen molar-refractivity contribution in [3.8, 4) is 5.75 Å². The number of hydrogen-bond acceptors (Lipinski definition) is 4. The van der Waals surface area contributed by atoms with Gasteiger partial charge in [0, 0.05) is 33.1 Å². The van der Waals surface area contributed by atoms with E-state index in [1.165, 1.54) is 11.0 Å². The molecule has 6 nitrogen and oxygen atoms in total. The zero-order valence-electron chi connectivity index (χ0n) is 15.4. The minimum atomic E-state index is -2.85. The van der Waals surface area contributed by atoms with Gasteiger partial charge in [0.1, 0.15) is 5.75 Å². The number of hydrogen-bond donors (Lipinski definition) is 2. The molecule has 150 valence electrons. The minimum Gasteiger partial charge on any atom is -0.435 e.